The summed E-state index contributed by atoms with van der Waals surface area (Å²) in [7, 11) is 1.51. The summed E-state index contributed by atoms with van der Waals surface area (Å²) in [6.45, 7) is 0.609. The number of aromatic carboxylic acids is 1. The SMILES string of the molecule is COCCOc1cc(F)cc(C(=O)O)c1. The highest BCUT2D eigenvalue weighted by molar-refractivity contribution is 5.88. The van der Waals surface area contributed by atoms with Gasteiger partial charge in [-0.2, -0.15) is 0 Å². The Balaban J connectivity index is 2.75. The number of methoxy groups -OCH3 is 1. The van der Waals surface area contributed by atoms with Crippen LogP contribution >= 0.6 is 0 Å². The zero-order valence-electron chi connectivity index (χ0n) is 8.20. The first-order valence-corrected chi connectivity index (χ1v) is 4.29. The van der Waals surface area contributed by atoms with Gasteiger partial charge in [0.15, 0.2) is 0 Å². The van der Waals surface area contributed by atoms with Crippen molar-refractivity contribution >= 4 is 5.97 Å². The Bertz CT molecular complexity index is 351. The lowest BCUT2D eigenvalue weighted by atomic mass is 10.2. The van der Waals surface area contributed by atoms with Crippen molar-refractivity contribution in [3.63, 3.8) is 0 Å². The zero-order valence-corrected chi connectivity index (χ0v) is 8.20. The molecule has 15 heavy (non-hydrogen) atoms. The molecule has 1 N–H and O–H groups in total. The molecule has 0 atom stereocenters. The molecule has 0 aromatic heterocycles. The van der Waals surface area contributed by atoms with Gasteiger partial charge in [0.2, 0.25) is 0 Å². The molecule has 0 fully saturated rings. The molecule has 1 aromatic carbocycles. The van der Waals surface area contributed by atoms with E-state index in [9.17, 15) is 9.18 Å². The van der Waals surface area contributed by atoms with Gasteiger partial charge >= 0.3 is 5.97 Å². The van der Waals surface area contributed by atoms with Gasteiger partial charge in [-0.25, -0.2) is 9.18 Å². The van der Waals surface area contributed by atoms with Crippen molar-refractivity contribution in [1.82, 2.24) is 0 Å². The van der Waals surface area contributed by atoms with Gasteiger partial charge in [0.05, 0.1) is 12.2 Å². The summed E-state index contributed by atoms with van der Waals surface area (Å²) in [5, 5.41) is 8.66. The number of benzene rings is 1. The van der Waals surface area contributed by atoms with E-state index in [1.807, 2.05) is 0 Å². The number of rotatable bonds is 5. The van der Waals surface area contributed by atoms with Crippen LogP contribution in [0.3, 0.4) is 0 Å². The van der Waals surface area contributed by atoms with Crippen LogP contribution in [0.15, 0.2) is 18.2 Å². The molecule has 82 valence electrons. The smallest absolute Gasteiger partial charge is 0.335 e. The lowest BCUT2D eigenvalue weighted by Crippen LogP contribution is -2.05. The van der Waals surface area contributed by atoms with Gasteiger partial charge in [0.1, 0.15) is 18.2 Å². The van der Waals surface area contributed by atoms with Gasteiger partial charge in [0.25, 0.3) is 0 Å². The summed E-state index contributed by atoms with van der Waals surface area (Å²) in [4.78, 5) is 10.6. The molecule has 4 nitrogen and oxygen atoms in total. The van der Waals surface area contributed by atoms with Gasteiger partial charge in [-0.15, -0.1) is 0 Å². The summed E-state index contributed by atoms with van der Waals surface area (Å²) in [6.07, 6.45) is 0. The molecule has 0 amide bonds. The highest BCUT2D eigenvalue weighted by Crippen LogP contribution is 2.16. The minimum absolute atomic E-state index is 0.137. The molecular formula is C10H11FO4. The van der Waals surface area contributed by atoms with Crippen LogP contribution in [0.25, 0.3) is 0 Å². The minimum Gasteiger partial charge on any atom is -0.491 e. The number of ether oxygens (including phenoxy) is 2. The fourth-order valence-electron chi connectivity index (χ4n) is 1.01. The van der Waals surface area contributed by atoms with E-state index in [0.29, 0.717) is 6.61 Å². The Hall–Kier alpha value is -1.62. The van der Waals surface area contributed by atoms with Gasteiger partial charge in [-0.05, 0) is 12.1 Å². The van der Waals surface area contributed by atoms with Crippen molar-refractivity contribution < 1.29 is 23.8 Å². The Kier molecular flexibility index (Phi) is 4.05. The van der Waals surface area contributed by atoms with E-state index in [2.05, 4.69) is 0 Å². The first kappa shape index (κ1) is 11.5. The summed E-state index contributed by atoms with van der Waals surface area (Å²) >= 11 is 0. The van der Waals surface area contributed by atoms with E-state index < -0.39 is 11.8 Å². The summed E-state index contributed by atoms with van der Waals surface area (Å²) in [5.41, 5.74) is -0.137. The Morgan fingerprint density at radius 2 is 2.13 bits per heavy atom. The molecule has 0 aliphatic rings. The molecule has 0 spiro atoms. The predicted octanol–water partition coefficient (Wildman–Crippen LogP) is 1.55. The third-order valence-electron chi connectivity index (χ3n) is 1.67. The zero-order chi connectivity index (χ0) is 11.3. The number of halogens is 1. The van der Waals surface area contributed by atoms with E-state index in [0.717, 1.165) is 12.1 Å². The number of carboxylic acids is 1. The van der Waals surface area contributed by atoms with Crippen LogP contribution < -0.4 is 4.74 Å². The second-order valence-corrected chi connectivity index (χ2v) is 2.82. The predicted molar refractivity (Wildman–Crippen MR) is 50.7 cm³/mol. The van der Waals surface area contributed by atoms with E-state index in [4.69, 9.17) is 14.6 Å². The first-order chi connectivity index (χ1) is 7.13. The van der Waals surface area contributed by atoms with Crippen molar-refractivity contribution in [1.29, 1.82) is 0 Å². The standard InChI is InChI=1S/C10H11FO4/c1-14-2-3-15-9-5-7(10(12)13)4-8(11)6-9/h4-6H,2-3H2,1H3,(H,12,13). The van der Waals surface area contributed by atoms with Crippen LogP contribution in [-0.2, 0) is 4.74 Å². The van der Waals surface area contributed by atoms with Gasteiger partial charge in [-0.1, -0.05) is 0 Å². The van der Waals surface area contributed by atoms with E-state index in [-0.39, 0.29) is 17.9 Å². The van der Waals surface area contributed by atoms with Gasteiger partial charge in [0, 0.05) is 13.2 Å². The maximum absolute atomic E-state index is 12.9. The summed E-state index contributed by atoms with van der Waals surface area (Å²) in [5.74, 6) is -1.64. The van der Waals surface area contributed by atoms with E-state index in [1.165, 1.54) is 13.2 Å². The average molecular weight is 214 g/mol. The topological polar surface area (TPSA) is 55.8 Å². The second-order valence-electron chi connectivity index (χ2n) is 2.82. The van der Waals surface area contributed by atoms with Crippen molar-refractivity contribution in [2.24, 2.45) is 0 Å². The monoisotopic (exact) mass is 214 g/mol. The maximum atomic E-state index is 12.9. The van der Waals surface area contributed by atoms with Crippen molar-refractivity contribution in [2.45, 2.75) is 0 Å². The van der Waals surface area contributed by atoms with Crippen LogP contribution in [0.4, 0.5) is 4.39 Å². The number of carbonyl (C=O) groups is 1. The van der Waals surface area contributed by atoms with Gasteiger partial charge < -0.3 is 14.6 Å². The Morgan fingerprint density at radius 3 is 2.73 bits per heavy atom. The minimum atomic E-state index is -1.19. The third-order valence-corrected chi connectivity index (χ3v) is 1.67. The first-order valence-electron chi connectivity index (χ1n) is 4.29. The molecule has 5 heteroatoms. The van der Waals surface area contributed by atoms with Crippen LogP contribution in [-0.4, -0.2) is 31.4 Å². The van der Waals surface area contributed by atoms with Crippen LogP contribution in [0.1, 0.15) is 10.4 Å². The fourth-order valence-corrected chi connectivity index (χ4v) is 1.01. The van der Waals surface area contributed by atoms with Crippen LogP contribution in [0.2, 0.25) is 0 Å². The molecule has 1 rings (SSSR count). The summed E-state index contributed by atoms with van der Waals surface area (Å²) < 4.78 is 22.7. The van der Waals surface area contributed by atoms with Crippen LogP contribution in [0.5, 0.6) is 5.75 Å². The van der Waals surface area contributed by atoms with E-state index in [1.54, 1.807) is 0 Å². The highest BCUT2D eigenvalue weighted by atomic mass is 19.1. The lowest BCUT2D eigenvalue weighted by Gasteiger charge is -2.06. The molecule has 0 unspecified atom stereocenters. The van der Waals surface area contributed by atoms with Crippen molar-refractivity contribution in [2.75, 3.05) is 20.3 Å². The molecule has 0 saturated carbocycles. The number of carboxylic acid groups (broad SMARTS) is 1. The van der Waals surface area contributed by atoms with Crippen molar-refractivity contribution in [3.8, 4) is 5.75 Å². The molecule has 1 aromatic rings. The molecule has 0 bridgehead atoms. The van der Waals surface area contributed by atoms with Crippen LogP contribution in [0, 0.1) is 5.82 Å². The molecule has 0 aliphatic heterocycles. The Morgan fingerprint density at radius 1 is 1.40 bits per heavy atom. The van der Waals surface area contributed by atoms with E-state index >= 15 is 0 Å². The average Bonchev–Trinajstić information content (AvgIpc) is 2.17. The second kappa shape index (κ2) is 5.31. The van der Waals surface area contributed by atoms with Crippen molar-refractivity contribution in [3.05, 3.63) is 29.6 Å². The quantitative estimate of drug-likeness (QED) is 0.755. The lowest BCUT2D eigenvalue weighted by molar-refractivity contribution is 0.0695. The number of hydrogen-bond donors (Lipinski definition) is 1. The number of hydrogen-bond acceptors (Lipinski definition) is 3. The fraction of sp³-hybridized carbons (Fsp3) is 0.300. The molecule has 0 heterocycles. The van der Waals surface area contributed by atoms with Gasteiger partial charge in [-0.3, -0.25) is 0 Å². The largest absolute Gasteiger partial charge is 0.491 e. The third kappa shape index (κ3) is 3.55. The Labute approximate surface area is 86.2 Å². The summed E-state index contributed by atoms with van der Waals surface area (Å²) in [6, 6.07) is 3.33. The molecular weight excluding hydrogens is 203 g/mol. The molecule has 0 aliphatic carbocycles. The normalized spacial score (nSPS) is 10.0. The highest BCUT2D eigenvalue weighted by Gasteiger charge is 2.07. The maximum Gasteiger partial charge on any atom is 0.335 e. The molecule has 0 radical (unpaired) electrons. The molecule has 0 saturated heterocycles.